The van der Waals surface area contributed by atoms with Gasteiger partial charge in [-0.05, 0) is 26.7 Å². The van der Waals surface area contributed by atoms with Crippen LogP contribution in [0.15, 0.2) is 0 Å². The number of hydrogen-bond acceptors (Lipinski definition) is 3. The second kappa shape index (κ2) is 4.57. The molecular formula is C9H19ClN2O2S. The summed E-state index contributed by atoms with van der Waals surface area (Å²) in [5.74, 6) is 0. The molecule has 2 fully saturated rings. The maximum absolute atomic E-state index is 12.0. The summed E-state index contributed by atoms with van der Waals surface area (Å²) in [4.78, 5) is 0. The van der Waals surface area contributed by atoms with E-state index in [0.717, 1.165) is 19.4 Å². The Bertz CT molecular complexity index is 316. The van der Waals surface area contributed by atoms with Gasteiger partial charge in [0, 0.05) is 25.2 Å². The molecule has 15 heavy (non-hydrogen) atoms. The van der Waals surface area contributed by atoms with E-state index in [4.69, 9.17) is 0 Å². The van der Waals surface area contributed by atoms with Gasteiger partial charge in [-0.15, -0.1) is 12.4 Å². The van der Waals surface area contributed by atoms with Crippen LogP contribution in [0.3, 0.4) is 0 Å². The van der Waals surface area contributed by atoms with Gasteiger partial charge in [0.1, 0.15) is 0 Å². The Kier molecular flexibility index (Phi) is 4.03. The summed E-state index contributed by atoms with van der Waals surface area (Å²) in [5.41, 5.74) is 0. The van der Waals surface area contributed by atoms with Crippen LogP contribution in [-0.2, 0) is 10.0 Å². The monoisotopic (exact) mass is 254 g/mol. The van der Waals surface area contributed by atoms with Crippen LogP contribution in [0.5, 0.6) is 0 Å². The molecule has 1 saturated carbocycles. The van der Waals surface area contributed by atoms with E-state index in [1.807, 2.05) is 13.8 Å². The molecule has 0 spiro atoms. The zero-order chi connectivity index (χ0) is 10.3. The first-order valence-corrected chi connectivity index (χ1v) is 6.76. The van der Waals surface area contributed by atoms with E-state index < -0.39 is 10.0 Å². The van der Waals surface area contributed by atoms with Gasteiger partial charge in [-0.3, -0.25) is 0 Å². The fraction of sp³-hybridized carbons (Fsp3) is 1.00. The number of rotatable bonds is 2. The van der Waals surface area contributed by atoms with Crippen molar-refractivity contribution in [3.05, 3.63) is 0 Å². The lowest BCUT2D eigenvalue weighted by Crippen LogP contribution is -2.56. The highest BCUT2D eigenvalue weighted by molar-refractivity contribution is 7.90. The molecule has 0 aromatic rings. The van der Waals surface area contributed by atoms with E-state index >= 15 is 0 Å². The van der Waals surface area contributed by atoms with Crippen LogP contribution in [0.25, 0.3) is 0 Å². The third-order valence-electron chi connectivity index (χ3n) is 2.98. The van der Waals surface area contributed by atoms with Gasteiger partial charge in [-0.2, -0.15) is 4.31 Å². The van der Waals surface area contributed by atoms with Gasteiger partial charge in [0.25, 0.3) is 0 Å². The molecule has 6 heteroatoms. The molecule has 1 aliphatic heterocycles. The highest BCUT2D eigenvalue weighted by Crippen LogP contribution is 2.32. The second-order valence-corrected chi connectivity index (χ2v) is 6.64. The molecule has 0 aromatic heterocycles. The van der Waals surface area contributed by atoms with E-state index in [9.17, 15) is 8.42 Å². The lowest BCUT2D eigenvalue weighted by Gasteiger charge is -2.36. The van der Waals surface area contributed by atoms with Crippen molar-refractivity contribution in [1.82, 2.24) is 9.62 Å². The van der Waals surface area contributed by atoms with Crippen molar-refractivity contribution in [3.63, 3.8) is 0 Å². The maximum Gasteiger partial charge on any atom is 0.217 e. The standard InChI is InChI=1S/C9H18N2O2S.ClH/c1-7-6-11(8(2)5-10-7)14(12,13)9-3-4-9;/h7-10H,3-6H2,1-2H3;1H. The van der Waals surface area contributed by atoms with Gasteiger partial charge in [0.2, 0.25) is 10.0 Å². The number of sulfonamides is 1. The molecular weight excluding hydrogens is 236 g/mol. The third-order valence-corrected chi connectivity index (χ3v) is 5.46. The summed E-state index contributed by atoms with van der Waals surface area (Å²) < 4.78 is 25.7. The molecule has 2 aliphatic rings. The van der Waals surface area contributed by atoms with Gasteiger partial charge in [0.15, 0.2) is 0 Å². The zero-order valence-corrected chi connectivity index (χ0v) is 10.8. The maximum atomic E-state index is 12.0. The molecule has 0 radical (unpaired) electrons. The van der Waals surface area contributed by atoms with Crippen molar-refractivity contribution >= 4 is 22.4 Å². The van der Waals surface area contributed by atoms with Crippen LogP contribution >= 0.6 is 12.4 Å². The Balaban J connectivity index is 0.00000112. The third kappa shape index (κ3) is 2.64. The highest BCUT2D eigenvalue weighted by Gasteiger charge is 2.43. The minimum absolute atomic E-state index is 0. The largest absolute Gasteiger partial charge is 0.311 e. The Morgan fingerprint density at radius 2 is 1.87 bits per heavy atom. The summed E-state index contributed by atoms with van der Waals surface area (Å²) in [5, 5.41) is 3.21. The fourth-order valence-electron chi connectivity index (χ4n) is 1.90. The lowest BCUT2D eigenvalue weighted by atomic mass is 10.2. The fourth-order valence-corrected chi connectivity index (χ4v) is 4.02. The van der Waals surface area contributed by atoms with E-state index in [0.29, 0.717) is 6.54 Å². The molecule has 90 valence electrons. The van der Waals surface area contributed by atoms with Crippen molar-refractivity contribution in [1.29, 1.82) is 0 Å². The summed E-state index contributed by atoms with van der Waals surface area (Å²) >= 11 is 0. The predicted molar refractivity (Wildman–Crippen MR) is 62.8 cm³/mol. The molecule has 0 bridgehead atoms. The van der Waals surface area contributed by atoms with Crippen LogP contribution < -0.4 is 5.32 Å². The minimum atomic E-state index is -2.98. The molecule has 2 atom stereocenters. The van der Waals surface area contributed by atoms with E-state index in [1.165, 1.54) is 0 Å². The average Bonchev–Trinajstić information content (AvgIpc) is 2.91. The average molecular weight is 255 g/mol. The smallest absolute Gasteiger partial charge is 0.217 e. The minimum Gasteiger partial charge on any atom is -0.311 e. The van der Waals surface area contributed by atoms with Crippen molar-refractivity contribution in [3.8, 4) is 0 Å². The zero-order valence-electron chi connectivity index (χ0n) is 9.14. The summed E-state index contributed by atoms with van der Waals surface area (Å²) in [6.45, 7) is 5.40. The number of hydrogen-bond donors (Lipinski definition) is 1. The van der Waals surface area contributed by atoms with E-state index in [2.05, 4.69) is 5.32 Å². The topological polar surface area (TPSA) is 49.4 Å². The van der Waals surface area contributed by atoms with Crippen molar-refractivity contribution in [2.75, 3.05) is 13.1 Å². The second-order valence-electron chi connectivity index (χ2n) is 4.47. The predicted octanol–water partition coefficient (Wildman–Crippen LogP) is 0.583. The van der Waals surface area contributed by atoms with Gasteiger partial charge in [-0.25, -0.2) is 8.42 Å². The number of piperazine rings is 1. The molecule has 4 nitrogen and oxygen atoms in total. The van der Waals surface area contributed by atoms with Gasteiger partial charge >= 0.3 is 0 Å². The van der Waals surface area contributed by atoms with Crippen LogP contribution in [0.4, 0.5) is 0 Å². The summed E-state index contributed by atoms with van der Waals surface area (Å²) in [6, 6.07) is 0.386. The Hall–Kier alpha value is 0.160. The quantitative estimate of drug-likeness (QED) is 0.785. The summed E-state index contributed by atoms with van der Waals surface area (Å²) in [6.07, 6.45) is 1.71. The van der Waals surface area contributed by atoms with Gasteiger partial charge in [-0.1, -0.05) is 0 Å². The first kappa shape index (κ1) is 13.2. The molecule has 1 N–H and O–H groups in total. The number of nitrogens with zero attached hydrogens (tertiary/aromatic N) is 1. The van der Waals surface area contributed by atoms with Gasteiger partial charge in [0.05, 0.1) is 5.25 Å². The van der Waals surface area contributed by atoms with Crippen molar-refractivity contribution in [2.45, 2.75) is 44.0 Å². The first-order valence-electron chi connectivity index (χ1n) is 5.26. The van der Waals surface area contributed by atoms with E-state index in [1.54, 1.807) is 4.31 Å². The van der Waals surface area contributed by atoms with Crippen LogP contribution in [0.1, 0.15) is 26.7 Å². The molecule has 2 unspecified atom stereocenters. The van der Waals surface area contributed by atoms with Crippen molar-refractivity contribution in [2.24, 2.45) is 0 Å². The molecule has 0 aromatic carbocycles. The normalized spacial score (nSPS) is 33.5. The Morgan fingerprint density at radius 1 is 1.27 bits per heavy atom. The Morgan fingerprint density at radius 3 is 2.40 bits per heavy atom. The number of nitrogens with one attached hydrogen (secondary N) is 1. The molecule has 0 amide bonds. The SMILES string of the molecule is CC1CN(S(=O)(=O)C2CC2)C(C)CN1.Cl. The first-order chi connectivity index (χ1) is 6.51. The van der Waals surface area contributed by atoms with E-state index in [-0.39, 0.29) is 29.7 Å². The molecule has 1 heterocycles. The molecule has 1 aliphatic carbocycles. The molecule has 2 rings (SSSR count). The van der Waals surface area contributed by atoms with Gasteiger partial charge < -0.3 is 5.32 Å². The summed E-state index contributed by atoms with van der Waals surface area (Å²) in [7, 11) is -2.98. The highest BCUT2D eigenvalue weighted by atomic mass is 35.5. The number of halogens is 1. The van der Waals surface area contributed by atoms with Crippen LogP contribution in [-0.4, -0.2) is 43.1 Å². The lowest BCUT2D eigenvalue weighted by molar-refractivity contribution is 0.244. The van der Waals surface area contributed by atoms with Crippen LogP contribution in [0, 0.1) is 0 Å². The van der Waals surface area contributed by atoms with Crippen LogP contribution in [0.2, 0.25) is 0 Å². The van der Waals surface area contributed by atoms with Crippen molar-refractivity contribution < 1.29 is 8.42 Å². The molecule has 1 saturated heterocycles. The Labute approximate surface area is 97.9 Å².